The molecule has 4 nitrogen and oxygen atoms in total. The third kappa shape index (κ3) is 6.78. The summed E-state index contributed by atoms with van der Waals surface area (Å²) in [7, 11) is 0. The normalized spacial score (nSPS) is 10.9. The summed E-state index contributed by atoms with van der Waals surface area (Å²) in [5, 5.41) is 14.2. The van der Waals surface area contributed by atoms with Gasteiger partial charge in [0.15, 0.2) is 0 Å². The lowest BCUT2D eigenvalue weighted by Gasteiger charge is -2.09. The Morgan fingerprint density at radius 3 is 2.45 bits per heavy atom. The Bertz CT molecular complexity index is 1010. The zero-order valence-electron chi connectivity index (χ0n) is 17.7. The van der Waals surface area contributed by atoms with Gasteiger partial charge in [-0.05, 0) is 59.9 Å². The molecular formula is C25H28Cl2N2O2. The number of carboxylic acid groups (broad SMARTS) is 1. The van der Waals surface area contributed by atoms with Crippen LogP contribution in [0.5, 0.6) is 0 Å². The predicted molar refractivity (Wildman–Crippen MR) is 129 cm³/mol. The molecule has 0 amide bonds. The molecule has 0 unspecified atom stereocenters. The molecule has 31 heavy (non-hydrogen) atoms. The lowest BCUT2D eigenvalue weighted by Crippen LogP contribution is -2.07. The highest BCUT2D eigenvalue weighted by Crippen LogP contribution is 2.22. The van der Waals surface area contributed by atoms with Crippen LogP contribution in [0.3, 0.4) is 0 Å². The van der Waals surface area contributed by atoms with Gasteiger partial charge in [-0.3, -0.25) is 0 Å². The van der Waals surface area contributed by atoms with E-state index in [1.165, 1.54) is 12.8 Å². The van der Waals surface area contributed by atoms with Crippen LogP contribution in [0.2, 0.25) is 10.0 Å². The summed E-state index contributed by atoms with van der Waals surface area (Å²) in [4.78, 5) is 11.6. The van der Waals surface area contributed by atoms with E-state index < -0.39 is 5.97 Å². The molecule has 0 saturated carbocycles. The van der Waals surface area contributed by atoms with Crippen molar-refractivity contribution < 1.29 is 9.90 Å². The van der Waals surface area contributed by atoms with Crippen molar-refractivity contribution in [1.29, 1.82) is 0 Å². The maximum Gasteiger partial charge on any atom is 0.352 e. The number of nitrogens with one attached hydrogen (secondary N) is 1. The topological polar surface area (TPSA) is 54.3 Å². The first-order chi connectivity index (χ1) is 15.0. The molecule has 0 spiro atoms. The highest BCUT2D eigenvalue weighted by molar-refractivity contribution is 6.35. The highest BCUT2D eigenvalue weighted by Gasteiger charge is 2.12. The first-order valence-corrected chi connectivity index (χ1v) is 11.4. The number of hydrogen-bond acceptors (Lipinski definition) is 2. The molecule has 0 aliphatic rings. The average Bonchev–Trinajstić information content (AvgIpc) is 3.14. The van der Waals surface area contributed by atoms with Crippen molar-refractivity contribution >= 4 is 34.9 Å². The van der Waals surface area contributed by atoms with Crippen molar-refractivity contribution in [3.05, 3.63) is 87.2 Å². The zero-order valence-corrected chi connectivity index (χ0v) is 19.2. The fourth-order valence-electron chi connectivity index (χ4n) is 3.58. The third-order valence-electron chi connectivity index (χ3n) is 5.29. The van der Waals surface area contributed by atoms with Gasteiger partial charge in [0.05, 0.1) is 0 Å². The van der Waals surface area contributed by atoms with Crippen molar-refractivity contribution in [1.82, 2.24) is 4.57 Å². The van der Waals surface area contributed by atoms with Gasteiger partial charge < -0.3 is 15.0 Å². The number of nitrogens with zero attached hydrogens (tertiary/aromatic N) is 1. The molecule has 0 atom stereocenters. The number of anilines is 1. The molecule has 1 aromatic heterocycles. The molecule has 0 radical (unpaired) electrons. The second kappa shape index (κ2) is 11.3. The number of aryl methyl sites for hydroxylation is 1. The zero-order chi connectivity index (χ0) is 22.2. The summed E-state index contributed by atoms with van der Waals surface area (Å²) in [5.41, 5.74) is 4.49. The van der Waals surface area contributed by atoms with Crippen molar-refractivity contribution in [2.45, 2.75) is 52.1 Å². The number of halogens is 2. The Morgan fingerprint density at radius 1 is 1.00 bits per heavy atom. The maximum atomic E-state index is 11.6. The number of rotatable bonds is 11. The van der Waals surface area contributed by atoms with E-state index in [0.29, 0.717) is 28.7 Å². The SMILES string of the molecule is CCCCCCn1cc(Cc2ccc(NCc3ccc(Cl)cc3Cl)cc2)cc1C(=O)O. The summed E-state index contributed by atoms with van der Waals surface area (Å²) < 4.78 is 1.87. The fourth-order valence-corrected chi connectivity index (χ4v) is 4.05. The van der Waals surface area contributed by atoms with Crippen molar-refractivity contribution in [3.8, 4) is 0 Å². The molecule has 3 rings (SSSR count). The maximum absolute atomic E-state index is 11.6. The number of unbranched alkanes of at least 4 members (excludes halogenated alkanes) is 3. The van der Waals surface area contributed by atoms with Gasteiger partial charge in [0.25, 0.3) is 0 Å². The first-order valence-electron chi connectivity index (χ1n) is 10.7. The van der Waals surface area contributed by atoms with E-state index in [1.54, 1.807) is 12.1 Å². The van der Waals surface area contributed by atoms with Gasteiger partial charge in [-0.2, -0.15) is 0 Å². The van der Waals surface area contributed by atoms with E-state index in [1.807, 2.05) is 35.0 Å². The van der Waals surface area contributed by atoms with E-state index in [0.717, 1.165) is 41.8 Å². The van der Waals surface area contributed by atoms with Crippen LogP contribution in [-0.4, -0.2) is 15.6 Å². The minimum Gasteiger partial charge on any atom is -0.477 e. The summed E-state index contributed by atoms with van der Waals surface area (Å²) in [6.07, 6.45) is 7.15. The third-order valence-corrected chi connectivity index (χ3v) is 5.87. The summed E-state index contributed by atoms with van der Waals surface area (Å²) in [5.74, 6) is -0.873. The molecule has 1 heterocycles. The standard InChI is InChI=1S/C25H28Cl2N2O2/c1-2-3-4-5-12-29-17-19(14-24(29)25(30)31)13-18-6-10-22(11-7-18)28-16-20-8-9-21(26)15-23(20)27/h6-11,14-15,17,28H,2-5,12-13,16H2,1H3,(H,30,31). The number of hydrogen-bond donors (Lipinski definition) is 2. The molecule has 0 aliphatic heterocycles. The lowest BCUT2D eigenvalue weighted by atomic mass is 10.1. The molecule has 6 heteroatoms. The molecular weight excluding hydrogens is 431 g/mol. The van der Waals surface area contributed by atoms with Crippen LogP contribution in [0.4, 0.5) is 5.69 Å². The van der Waals surface area contributed by atoms with Crippen molar-refractivity contribution in [2.24, 2.45) is 0 Å². The number of aromatic carboxylic acids is 1. The van der Waals surface area contributed by atoms with Crippen LogP contribution < -0.4 is 5.32 Å². The first kappa shape index (κ1) is 23.2. The van der Waals surface area contributed by atoms with Crippen molar-refractivity contribution in [3.63, 3.8) is 0 Å². The second-order valence-electron chi connectivity index (χ2n) is 7.76. The molecule has 164 valence electrons. The van der Waals surface area contributed by atoms with E-state index in [9.17, 15) is 9.90 Å². The van der Waals surface area contributed by atoms with E-state index >= 15 is 0 Å². The Hall–Kier alpha value is -2.43. The smallest absolute Gasteiger partial charge is 0.352 e. The number of carboxylic acids is 1. The summed E-state index contributed by atoms with van der Waals surface area (Å²) >= 11 is 12.2. The van der Waals surface area contributed by atoms with E-state index in [4.69, 9.17) is 23.2 Å². The van der Waals surface area contributed by atoms with Crippen LogP contribution in [0.15, 0.2) is 54.7 Å². The van der Waals surface area contributed by atoms with E-state index in [-0.39, 0.29) is 0 Å². The minimum atomic E-state index is -0.873. The summed E-state index contributed by atoms with van der Waals surface area (Å²) in [6, 6.07) is 15.4. The molecule has 3 aromatic rings. The number of benzene rings is 2. The molecule has 0 fully saturated rings. The second-order valence-corrected chi connectivity index (χ2v) is 8.60. The van der Waals surface area contributed by atoms with E-state index in [2.05, 4.69) is 24.4 Å². The van der Waals surface area contributed by atoms with Crippen LogP contribution >= 0.6 is 23.2 Å². The molecule has 2 aromatic carbocycles. The van der Waals surface area contributed by atoms with Gasteiger partial charge in [-0.1, -0.05) is 67.6 Å². The van der Waals surface area contributed by atoms with Crippen LogP contribution in [0.25, 0.3) is 0 Å². The van der Waals surface area contributed by atoms with Gasteiger partial charge in [0.1, 0.15) is 5.69 Å². The molecule has 2 N–H and O–H groups in total. The van der Waals surface area contributed by atoms with Crippen LogP contribution in [0.1, 0.15) is 59.8 Å². The van der Waals surface area contributed by atoms with Gasteiger partial charge in [0, 0.05) is 35.0 Å². The van der Waals surface area contributed by atoms with Crippen molar-refractivity contribution in [2.75, 3.05) is 5.32 Å². The van der Waals surface area contributed by atoms with Gasteiger partial charge in [0.2, 0.25) is 0 Å². The predicted octanol–water partition coefficient (Wildman–Crippen LogP) is 7.28. The largest absolute Gasteiger partial charge is 0.477 e. The van der Waals surface area contributed by atoms with Gasteiger partial charge >= 0.3 is 5.97 Å². The average molecular weight is 459 g/mol. The monoisotopic (exact) mass is 458 g/mol. The molecule has 0 saturated heterocycles. The Labute approximate surface area is 193 Å². The number of aromatic nitrogens is 1. The van der Waals surface area contributed by atoms with Gasteiger partial charge in [-0.25, -0.2) is 4.79 Å². The quantitative estimate of drug-likeness (QED) is 0.296. The van der Waals surface area contributed by atoms with Gasteiger partial charge in [-0.15, -0.1) is 0 Å². The molecule has 0 bridgehead atoms. The lowest BCUT2D eigenvalue weighted by molar-refractivity contribution is 0.0685. The van der Waals surface area contributed by atoms with Crippen LogP contribution in [-0.2, 0) is 19.5 Å². The molecule has 0 aliphatic carbocycles. The Balaban J connectivity index is 1.60. The fraction of sp³-hybridized carbons (Fsp3) is 0.320. The Morgan fingerprint density at radius 2 is 1.77 bits per heavy atom. The van der Waals surface area contributed by atoms with Crippen LogP contribution in [0, 0.1) is 0 Å². The summed E-state index contributed by atoms with van der Waals surface area (Å²) in [6.45, 7) is 3.53. The Kier molecular flexibility index (Phi) is 8.44. The highest BCUT2D eigenvalue weighted by atomic mass is 35.5. The minimum absolute atomic E-state index is 0.365. The number of carbonyl (C=O) groups is 1.